The van der Waals surface area contributed by atoms with E-state index in [-0.39, 0.29) is 6.04 Å². The Balaban J connectivity index is 1.91. The molecule has 2 rings (SSSR count). The monoisotopic (exact) mass is 422 g/mol. The number of ether oxygens (including phenoxy) is 3. The number of rotatable bonds is 16. The van der Waals surface area contributed by atoms with Crippen molar-refractivity contribution in [1.82, 2.24) is 5.32 Å². The molecule has 0 saturated heterocycles. The minimum absolute atomic E-state index is 0.230. The minimum Gasteiger partial charge on any atom is -0.493 e. The Labute approximate surface area is 182 Å². The maximum Gasteiger partial charge on any atom is 0.161 e. The minimum atomic E-state index is -0.513. The Morgan fingerprint density at radius 3 is 2.57 bits per heavy atom. The van der Waals surface area contributed by atoms with E-state index in [1.165, 1.54) is 18.4 Å². The smallest absolute Gasteiger partial charge is 0.161 e. The molecule has 0 amide bonds. The van der Waals surface area contributed by atoms with Gasteiger partial charge >= 0.3 is 0 Å². The first-order valence-electron chi connectivity index (χ1n) is 11.4. The summed E-state index contributed by atoms with van der Waals surface area (Å²) in [5.41, 5.74) is 7.56. The average molecular weight is 423 g/mol. The highest BCUT2D eigenvalue weighted by Crippen LogP contribution is 2.31. The van der Waals surface area contributed by atoms with Gasteiger partial charge in [0.05, 0.1) is 19.8 Å². The standard InChI is InChI=1S/C24H42N2O4/c1-17(2)20(14-21(25)22(27)16-26-15-18-6-7-18)12-19-8-9-23(29-4)24(13-19)30-11-5-10-28-3/h8-9,13,17-18,20-22,26-27H,5-7,10-12,14-16,25H2,1-4H3/t20-,21-,22-/m0/s1. The molecule has 172 valence electrons. The lowest BCUT2D eigenvalue weighted by Crippen LogP contribution is -2.44. The van der Waals surface area contributed by atoms with E-state index in [1.54, 1.807) is 14.2 Å². The van der Waals surface area contributed by atoms with E-state index in [2.05, 4.69) is 31.3 Å². The summed E-state index contributed by atoms with van der Waals surface area (Å²) >= 11 is 0. The van der Waals surface area contributed by atoms with Crippen LogP contribution < -0.4 is 20.5 Å². The van der Waals surface area contributed by atoms with Crippen molar-refractivity contribution in [2.24, 2.45) is 23.5 Å². The van der Waals surface area contributed by atoms with Gasteiger partial charge in [-0.05, 0) is 67.7 Å². The number of hydrogen-bond donors (Lipinski definition) is 3. The molecule has 1 aliphatic carbocycles. The molecule has 30 heavy (non-hydrogen) atoms. The third-order valence-corrected chi connectivity index (χ3v) is 5.97. The van der Waals surface area contributed by atoms with Crippen molar-refractivity contribution in [2.45, 2.75) is 58.1 Å². The van der Waals surface area contributed by atoms with Crippen molar-refractivity contribution in [1.29, 1.82) is 0 Å². The summed E-state index contributed by atoms with van der Waals surface area (Å²) in [6.07, 6.45) is 4.63. The molecule has 0 heterocycles. The summed E-state index contributed by atoms with van der Waals surface area (Å²) in [5, 5.41) is 13.8. The third kappa shape index (κ3) is 8.80. The molecule has 1 saturated carbocycles. The van der Waals surface area contributed by atoms with Gasteiger partial charge in [-0.2, -0.15) is 0 Å². The first kappa shape index (κ1) is 24.9. The first-order valence-corrected chi connectivity index (χ1v) is 11.4. The number of methoxy groups -OCH3 is 2. The summed E-state index contributed by atoms with van der Waals surface area (Å²) in [5.74, 6) is 3.16. The van der Waals surface area contributed by atoms with Gasteiger partial charge in [-0.15, -0.1) is 0 Å². The van der Waals surface area contributed by atoms with Gasteiger partial charge in [0, 0.05) is 32.7 Å². The summed E-state index contributed by atoms with van der Waals surface area (Å²) in [7, 11) is 3.35. The number of hydrogen-bond acceptors (Lipinski definition) is 6. The summed E-state index contributed by atoms with van der Waals surface area (Å²) < 4.78 is 16.5. The van der Waals surface area contributed by atoms with Crippen molar-refractivity contribution < 1.29 is 19.3 Å². The predicted molar refractivity (Wildman–Crippen MR) is 121 cm³/mol. The lowest BCUT2D eigenvalue weighted by molar-refractivity contribution is 0.124. The van der Waals surface area contributed by atoms with Gasteiger partial charge in [-0.1, -0.05) is 19.9 Å². The fourth-order valence-corrected chi connectivity index (χ4v) is 3.66. The number of aliphatic hydroxyl groups is 1. The fourth-order valence-electron chi connectivity index (χ4n) is 3.66. The number of aliphatic hydroxyl groups excluding tert-OH is 1. The van der Waals surface area contributed by atoms with Crippen LogP contribution in [0.2, 0.25) is 0 Å². The molecule has 6 nitrogen and oxygen atoms in total. The second kappa shape index (κ2) is 13.2. The van der Waals surface area contributed by atoms with Crippen LogP contribution in [0.3, 0.4) is 0 Å². The highest BCUT2D eigenvalue weighted by molar-refractivity contribution is 5.43. The molecule has 1 fully saturated rings. The summed E-state index contributed by atoms with van der Waals surface area (Å²) in [4.78, 5) is 0. The number of benzene rings is 1. The molecular weight excluding hydrogens is 380 g/mol. The Morgan fingerprint density at radius 2 is 1.93 bits per heavy atom. The van der Waals surface area contributed by atoms with Crippen molar-refractivity contribution in [3.8, 4) is 11.5 Å². The second-order valence-corrected chi connectivity index (χ2v) is 8.96. The number of nitrogens with one attached hydrogen (secondary N) is 1. The van der Waals surface area contributed by atoms with Gasteiger partial charge in [0.1, 0.15) is 0 Å². The van der Waals surface area contributed by atoms with Crippen LogP contribution in [0.5, 0.6) is 11.5 Å². The molecule has 0 unspecified atom stereocenters. The molecule has 1 aromatic carbocycles. The third-order valence-electron chi connectivity index (χ3n) is 5.97. The lowest BCUT2D eigenvalue weighted by Gasteiger charge is -2.27. The SMILES string of the molecule is COCCCOc1cc(C[C@@H](C[C@H](N)[C@@H](O)CNCC2CC2)C(C)C)ccc1OC. The summed E-state index contributed by atoms with van der Waals surface area (Å²) in [6, 6.07) is 5.90. The Hall–Kier alpha value is -1.34. The maximum absolute atomic E-state index is 10.5. The van der Waals surface area contributed by atoms with Crippen LogP contribution in [-0.2, 0) is 11.2 Å². The quantitative estimate of drug-likeness (QED) is 0.355. The Bertz CT molecular complexity index is 607. The van der Waals surface area contributed by atoms with E-state index < -0.39 is 6.10 Å². The van der Waals surface area contributed by atoms with Crippen LogP contribution in [0.4, 0.5) is 0 Å². The largest absolute Gasteiger partial charge is 0.493 e. The second-order valence-electron chi connectivity index (χ2n) is 8.96. The highest BCUT2D eigenvalue weighted by Gasteiger charge is 2.24. The van der Waals surface area contributed by atoms with Crippen LogP contribution in [0, 0.1) is 17.8 Å². The molecule has 0 aliphatic heterocycles. The van der Waals surface area contributed by atoms with Crippen molar-refractivity contribution in [2.75, 3.05) is 40.5 Å². The van der Waals surface area contributed by atoms with E-state index in [0.717, 1.165) is 43.2 Å². The zero-order chi connectivity index (χ0) is 21.9. The fraction of sp³-hybridized carbons (Fsp3) is 0.750. The van der Waals surface area contributed by atoms with Gasteiger partial charge in [0.2, 0.25) is 0 Å². The Morgan fingerprint density at radius 1 is 1.17 bits per heavy atom. The van der Waals surface area contributed by atoms with E-state index in [1.807, 2.05) is 6.07 Å². The van der Waals surface area contributed by atoms with Crippen LogP contribution in [0.25, 0.3) is 0 Å². The van der Waals surface area contributed by atoms with Crippen LogP contribution in [0.15, 0.2) is 18.2 Å². The molecule has 1 aliphatic rings. The van der Waals surface area contributed by atoms with Crippen LogP contribution in [0.1, 0.15) is 45.1 Å². The normalized spacial score (nSPS) is 17.0. The average Bonchev–Trinajstić information content (AvgIpc) is 3.55. The summed E-state index contributed by atoms with van der Waals surface area (Å²) in [6.45, 7) is 7.28. The highest BCUT2D eigenvalue weighted by atomic mass is 16.5. The zero-order valence-electron chi connectivity index (χ0n) is 19.2. The maximum atomic E-state index is 10.5. The van der Waals surface area contributed by atoms with Crippen molar-refractivity contribution in [3.05, 3.63) is 23.8 Å². The van der Waals surface area contributed by atoms with Crippen molar-refractivity contribution >= 4 is 0 Å². The molecule has 1 aromatic rings. The molecule has 0 bridgehead atoms. The van der Waals surface area contributed by atoms with E-state index >= 15 is 0 Å². The topological polar surface area (TPSA) is 86.0 Å². The van der Waals surface area contributed by atoms with Crippen LogP contribution >= 0.6 is 0 Å². The lowest BCUT2D eigenvalue weighted by atomic mass is 9.83. The first-order chi connectivity index (χ1) is 14.4. The van der Waals surface area contributed by atoms with Gasteiger partial charge in [0.15, 0.2) is 11.5 Å². The van der Waals surface area contributed by atoms with Gasteiger partial charge in [-0.3, -0.25) is 0 Å². The molecule has 3 atom stereocenters. The molecule has 6 heteroatoms. The zero-order valence-corrected chi connectivity index (χ0v) is 19.2. The van der Waals surface area contributed by atoms with Gasteiger partial charge in [0.25, 0.3) is 0 Å². The number of nitrogens with two attached hydrogens (primary N) is 1. The van der Waals surface area contributed by atoms with Crippen LogP contribution in [-0.4, -0.2) is 57.8 Å². The molecule has 0 spiro atoms. The van der Waals surface area contributed by atoms with E-state index in [4.69, 9.17) is 19.9 Å². The van der Waals surface area contributed by atoms with Crippen molar-refractivity contribution in [3.63, 3.8) is 0 Å². The predicted octanol–water partition coefficient (Wildman–Crippen LogP) is 3.00. The molecule has 4 N–H and O–H groups in total. The van der Waals surface area contributed by atoms with Gasteiger partial charge in [-0.25, -0.2) is 0 Å². The molecule has 0 aromatic heterocycles. The molecular formula is C24H42N2O4. The Kier molecular flexibility index (Phi) is 10.9. The van der Waals surface area contributed by atoms with E-state index in [9.17, 15) is 5.11 Å². The van der Waals surface area contributed by atoms with E-state index in [0.29, 0.717) is 31.6 Å². The molecule has 0 radical (unpaired) electrons. The van der Waals surface area contributed by atoms with Gasteiger partial charge < -0.3 is 30.4 Å².